The van der Waals surface area contributed by atoms with Crippen LogP contribution in [0.25, 0.3) is 0 Å². The zero-order valence-electron chi connectivity index (χ0n) is 19.3. The molecule has 0 amide bonds. The van der Waals surface area contributed by atoms with Gasteiger partial charge in [0.25, 0.3) is 0 Å². The molecule has 3 nitrogen and oxygen atoms in total. The Bertz CT molecular complexity index is 1280. The molecule has 0 spiro atoms. The normalized spacial score (nSPS) is 11.9. The Morgan fingerprint density at radius 2 is 0.657 bits per heavy atom. The first kappa shape index (κ1) is 23.4. The first-order valence-corrected chi connectivity index (χ1v) is 15.4. The molecule has 4 aromatic carbocycles. The highest BCUT2D eigenvalue weighted by atomic mass is 31.2. The average Bonchev–Trinajstić information content (AvgIpc) is 3.36. The number of hydrogen-bond donors (Lipinski definition) is 1. The van der Waals surface area contributed by atoms with Crippen LogP contribution in [0.3, 0.4) is 0 Å². The zero-order valence-corrected chi connectivity index (χ0v) is 21.1. The van der Waals surface area contributed by atoms with Crippen molar-refractivity contribution in [2.24, 2.45) is 0 Å². The fraction of sp³-hybridized carbons (Fsp3) is 0.0667. The quantitative estimate of drug-likeness (QED) is 0.267. The largest absolute Gasteiger partial charge is 0.361 e. The van der Waals surface area contributed by atoms with Crippen LogP contribution in [-0.2, 0) is 21.5 Å². The van der Waals surface area contributed by atoms with Gasteiger partial charge in [-0.05, 0) is 12.1 Å². The highest BCUT2D eigenvalue weighted by Gasteiger charge is 2.30. The maximum atomic E-state index is 14.4. The van der Waals surface area contributed by atoms with E-state index < -0.39 is 14.3 Å². The van der Waals surface area contributed by atoms with Gasteiger partial charge in [0.1, 0.15) is 14.3 Å². The van der Waals surface area contributed by atoms with Gasteiger partial charge in [0, 0.05) is 44.9 Å². The second-order valence-corrected chi connectivity index (χ2v) is 14.3. The van der Waals surface area contributed by atoms with Gasteiger partial charge in [-0.2, -0.15) is 0 Å². The number of rotatable bonds is 8. The lowest BCUT2D eigenvalue weighted by Gasteiger charge is -2.20. The van der Waals surface area contributed by atoms with Gasteiger partial charge in [-0.3, -0.25) is 0 Å². The second kappa shape index (κ2) is 10.1. The Morgan fingerprint density at radius 1 is 0.400 bits per heavy atom. The first-order valence-electron chi connectivity index (χ1n) is 11.7. The Morgan fingerprint density at radius 3 is 0.914 bits per heavy atom. The van der Waals surface area contributed by atoms with Gasteiger partial charge in [-0.1, -0.05) is 121 Å². The molecular formula is C30H27NO2P2. The maximum Gasteiger partial charge on any atom is 0.148 e. The lowest BCUT2D eigenvalue weighted by molar-refractivity contribution is 0.586. The van der Waals surface area contributed by atoms with E-state index in [0.717, 1.165) is 32.6 Å². The van der Waals surface area contributed by atoms with Crippen molar-refractivity contribution in [3.05, 3.63) is 145 Å². The molecule has 1 aromatic heterocycles. The highest BCUT2D eigenvalue weighted by Crippen LogP contribution is 2.49. The molecule has 35 heavy (non-hydrogen) atoms. The van der Waals surface area contributed by atoms with Crippen molar-refractivity contribution in [1.82, 2.24) is 4.98 Å². The molecule has 1 N–H and O–H groups in total. The molecule has 0 aliphatic carbocycles. The molecule has 0 aliphatic rings. The monoisotopic (exact) mass is 495 g/mol. The third-order valence-corrected chi connectivity index (χ3v) is 12.4. The first-order chi connectivity index (χ1) is 17.1. The third kappa shape index (κ3) is 4.89. The standard InChI is InChI=1S/C30H27NO2P2/c32-34(27-13-5-1-6-14-27,28-15-7-2-8-16-28)23-25-21-22-26(31-25)24-35(33,29-17-9-3-10-18-29)30-19-11-4-12-20-30/h1-22,31H,23-24H2. The topological polar surface area (TPSA) is 49.9 Å². The van der Waals surface area contributed by atoms with E-state index in [0.29, 0.717) is 12.3 Å². The van der Waals surface area contributed by atoms with E-state index in [-0.39, 0.29) is 0 Å². The van der Waals surface area contributed by atoms with Crippen LogP contribution in [-0.4, -0.2) is 4.98 Å². The Hall–Kier alpha value is -3.38. The fourth-order valence-electron chi connectivity index (χ4n) is 4.49. The van der Waals surface area contributed by atoms with Crippen LogP contribution >= 0.6 is 14.3 Å². The van der Waals surface area contributed by atoms with Crippen LogP contribution in [0, 0.1) is 0 Å². The average molecular weight is 495 g/mol. The molecule has 1 heterocycles. The Balaban J connectivity index is 1.49. The summed E-state index contributed by atoms with van der Waals surface area (Å²) < 4.78 is 28.9. The molecule has 5 heteroatoms. The summed E-state index contributed by atoms with van der Waals surface area (Å²) in [5, 5.41) is 3.34. The predicted molar refractivity (Wildman–Crippen MR) is 148 cm³/mol. The zero-order chi connectivity index (χ0) is 24.1. The van der Waals surface area contributed by atoms with E-state index >= 15 is 0 Å². The fourth-order valence-corrected chi connectivity index (χ4v) is 9.76. The maximum absolute atomic E-state index is 14.4. The summed E-state index contributed by atoms with van der Waals surface area (Å²) in [5.41, 5.74) is 1.76. The Labute approximate surface area is 206 Å². The number of benzene rings is 4. The number of aromatic nitrogens is 1. The van der Waals surface area contributed by atoms with E-state index in [4.69, 9.17) is 0 Å². The summed E-state index contributed by atoms with van der Waals surface area (Å²) in [6.07, 6.45) is 0.754. The van der Waals surface area contributed by atoms with E-state index in [9.17, 15) is 9.13 Å². The molecule has 0 saturated carbocycles. The van der Waals surface area contributed by atoms with E-state index in [2.05, 4.69) is 4.98 Å². The van der Waals surface area contributed by atoms with Crippen molar-refractivity contribution in [3.63, 3.8) is 0 Å². The lowest BCUT2D eigenvalue weighted by Crippen LogP contribution is -2.18. The number of aromatic amines is 1. The van der Waals surface area contributed by atoms with Gasteiger partial charge in [-0.25, -0.2) is 0 Å². The minimum absolute atomic E-state index is 0.377. The van der Waals surface area contributed by atoms with Gasteiger partial charge in [0.05, 0.1) is 0 Å². The van der Waals surface area contributed by atoms with E-state index in [1.165, 1.54) is 0 Å². The minimum Gasteiger partial charge on any atom is -0.361 e. The van der Waals surface area contributed by atoms with E-state index in [1.807, 2.05) is 133 Å². The highest BCUT2D eigenvalue weighted by molar-refractivity contribution is 7.78. The summed E-state index contributed by atoms with van der Waals surface area (Å²) in [4.78, 5) is 3.46. The summed E-state index contributed by atoms with van der Waals surface area (Å²) in [6, 6.07) is 42.7. The molecule has 0 unspecified atom stereocenters. The molecule has 0 saturated heterocycles. The Kier molecular flexibility index (Phi) is 6.73. The summed E-state index contributed by atoms with van der Waals surface area (Å²) in [7, 11) is -5.80. The minimum atomic E-state index is -2.90. The summed E-state index contributed by atoms with van der Waals surface area (Å²) in [6.45, 7) is 0. The molecular weight excluding hydrogens is 468 g/mol. The number of H-pyrrole nitrogens is 1. The van der Waals surface area contributed by atoms with Crippen molar-refractivity contribution >= 4 is 35.5 Å². The predicted octanol–water partition coefficient (Wildman–Crippen LogP) is 6.04. The van der Waals surface area contributed by atoms with Crippen LogP contribution < -0.4 is 21.2 Å². The molecule has 5 rings (SSSR count). The van der Waals surface area contributed by atoms with Crippen molar-refractivity contribution in [2.75, 3.05) is 0 Å². The summed E-state index contributed by atoms with van der Waals surface area (Å²) in [5.74, 6) is 0. The SMILES string of the molecule is O=P(Cc1ccc(CP(=O)(c2ccccc2)c2ccccc2)[nH]1)(c1ccccc1)c1ccccc1. The molecule has 0 aliphatic heterocycles. The van der Waals surface area contributed by atoms with Crippen LogP contribution in [0.2, 0.25) is 0 Å². The molecule has 174 valence electrons. The van der Waals surface area contributed by atoms with Crippen molar-refractivity contribution in [3.8, 4) is 0 Å². The third-order valence-electron chi connectivity index (χ3n) is 6.29. The van der Waals surface area contributed by atoms with Gasteiger partial charge < -0.3 is 14.1 Å². The van der Waals surface area contributed by atoms with Crippen LogP contribution in [0.4, 0.5) is 0 Å². The molecule has 5 aromatic rings. The van der Waals surface area contributed by atoms with Crippen LogP contribution in [0.1, 0.15) is 11.4 Å². The number of hydrogen-bond acceptors (Lipinski definition) is 2. The van der Waals surface area contributed by atoms with Crippen LogP contribution in [0.15, 0.2) is 133 Å². The smallest absolute Gasteiger partial charge is 0.148 e. The van der Waals surface area contributed by atoms with Crippen molar-refractivity contribution in [2.45, 2.75) is 12.3 Å². The lowest BCUT2D eigenvalue weighted by atomic mass is 10.4. The van der Waals surface area contributed by atoms with Gasteiger partial charge in [0.15, 0.2) is 0 Å². The molecule has 0 bridgehead atoms. The van der Waals surface area contributed by atoms with Gasteiger partial charge >= 0.3 is 0 Å². The number of nitrogens with one attached hydrogen (secondary N) is 1. The summed E-state index contributed by atoms with van der Waals surface area (Å²) >= 11 is 0. The molecule has 0 radical (unpaired) electrons. The second-order valence-electron chi connectivity index (χ2n) is 8.65. The van der Waals surface area contributed by atoms with Gasteiger partial charge in [0.2, 0.25) is 0 Å². The molecule has 0 fully saturated rings. The molecule has 0 atom stereocenters. The van der Waals surface area contributed by atoms with Crippen molar-refractivity contribution < 1.29 is 9.13 Å². The van der Waals surface area contributed by atoms with Crippen molar-refractivity contribution in [1.29, 1.82) is 0 Å². The van der Waals surface area contributed by atoms with E-state index in [1.54, 1.807) is 0 Å². The van der Waals surface area contributed by atoms with Gasteiger partial charge in [-0.15, -0.1) is 0 Å². The van der Waals surface area contributed by atoms with Crippen LogP contribution in [0.5, 0.6) is 0 Å².